The van der Waals surface area contributed by atoms with Gasteiger partial charge < -0.3 is 14.6 Å². The van der Waals surface area contributed by atoms with Crippen LogP contribution in [0.2, 0.25) is 0 Å². The lowest BCUT2D eigenvalue weighted by Gasteiger charge is -2.10. The van der Waals surface area contributed by atoms with Crippen LogP contribution in [0.15, 0.2) is 55.0 Å². The Morgan fingerprint density at radius 1 is 1.11 bits per heavy atom. The Balaban J connectivity index is 1.59. The molecule has 0 radical (unpaired) electrons. The van der Waals surface area contributed by atoms with Crippen molar-refractivity contribution in [1.82, 2.24) is 29.6 Å². The molecule has 0 bridgehead atoms. The van der Waals surface area contributed by atoms with Gasteiger partial charge in [-0.3, -0.25) is 4.79 Å². The van der Waals surface area contributed by atoms with Crippen molar-refractivity contribution < 1.29 is 22.7 Å². The normalized spacial score (nSPS) is 11.5. The monoisotopic (exact) mass is 512 g/mol. The van der Waals surface area contributed by atoms with E-state index in [1.54, 1.807) is 24.2 Å². The third-order valence-electron chi connectivity index (χ3n) is 5.70. The molecule has 0 fully saturated rings. The van der Waals surface area contributed by atoms with Crippen LogP contribution in [0.1, 0.15) is 41.0 Å². The highest BCUT2D eigenvalue weighted by Crippen LogP contribution is 2.30. The zero-order valence-electron chi connectivity index (χ0n) is 20.7. The maximum absolute atomic E-state index is 13.2. The second-order valence-corrected chi connectivity index (χ2v) is 8.63. The third kappa shape index (κ3) is 6.54. The number of amides is 1. The zero-order valence-corrected chi connectivity index (χ0v) is 20.7. The lowest BCUT2D eigenvalue weighted by atomic mass is 10.1. The average Bonchev–Trinajstić information content (AvgIpc) is 3.44. The Morgan fingerprint density at radius 3 is 2.57 bits per heavy atom. The number of methoxy groups -OCH3 is 1. The minimum atomic E-state index is -4.43. The predicted octanol–water partition coefficient (Wildman–Crippen LogP) is 4.12. The van der Waals surface area contributed by atoms with Gasteiger partial charge in [-0.2, -0.15) is 18.3 Å². The number of ether oxygens (including phenoxy) is 1. The largest absolute Gasteiger partial charge is 0.495 e. The topological polar surface area (TPSA) is 86.9 Å². The van der Waals surface area contributed by atoms with Crippen LogP contribution in [0.25, 0.3) is 5.69 Å². The summed E-state index contributed by atoms with van der Waals surface area (Å²) in [4.78, 5) is 20.2. The molecule has 0 aliphatic rings. The zero-order chi connectivity index (χ0) is 26.6. The first kappa shape index (κ1) is 25.9. The summed E-state index contributed by atoms with van der Waals surface area (Å²) in [7, 11) is 1.59. The average molecular weight is 513 g/mol. The maximum atomic E-state index is 13.2. The van der Waals surface area contributed by atoms with Crippen LogP contribution in [-0.4, -0.2) is 43.9 Å². The van der Waals surface area contributed by atoms with Crippen LogP contribution in [0.5, 0.6) is 5.75 Å². The summed E-state index contributed by atoms with van der Waals surface area (Å²) in [6, 6.07) is 10.9. The number of nitrogens with zero attached hydrogens (tertiary/aromatic N) is 5. The van der Waals surface area contributed by atoms with E-state index in [-0.39, 0.29) is 12.3 Å². The molecule has 0 atom stereocenters. The fraction of sp³-hybridized carbons (Fsp3) is 0.308. The van der Waals surface area contributed by atoms with Crippen molar-refractivity contribution in [3.8, 4) is 11.4 Å². The lowest BCUT2D eigenvalue weighted by molar-refractivity contribution is -0.137. The number of nitrogens with one attached hydrogen (secondary N) is 1. The van der Waals surface area contributed by atoms with Crippen molar-refractivity contribution >= 4 is 5.91 Å². The highest BCUT2D eigenvalue weighted by atomic mass is 19.4. The number of hydrogen-bond donors (Lipinski definition) is 1. The van der Waals surface area contributed by atoms with Gasteiger partial charge in [0.1, 0.15) is 11.6 Å². The Labute approximate surface area is 212 Å². The number of benzene rings is 2. The molecule has 4 aromatic rings. The molecule has 1 N–H and O–H groups in total. The van der Waals surface area contributed by atoms with Gasteiger partial charge in [-0.05, 0) is 36.2 Å². The Kier molecular flexibility index (Phi) is 7.61. The van der Waals surface area contributed by atoms with Crippen LogP contribution in [0.4, 0.5) is 13.2 Å². The van der Waals surface area contributed by atoms with Crippen LogP contribution in [0.3, 0.4) is 0 Å². The number of carbonyl (C=O) groups is 1. The summed E-state index contributed by atoms with van der Waals surface area (Å²) in [6.45, 7) is 3.98. The second-order valence-electron chi connectivity index (χ2n) is 8.63. The number of alkyl halides is 3. The van der Waals surface area contributed by atoms with E-state index < -0.39 is 11.7 Å². The van der Waals surface area contributed by atoms with Crippen LogP contribution >= 0.6 is 0 Å². The number of aromatic nitrogens is 5. The maximum Gasteiger partial charge on any atom is 0.416 e. The van der Waals surface area contributed by atoms with E-state index in [1.807, 2.05) is 35.9 Å². The quantitative estimate of drug-likeness (QED) is 0.365. The Bertz CT molecular complexity index is 1390. The molecule has 0 aliphatic heterocycles. The fourth-order valence-corrected chi connectivity index (χ4v) is 3.97. The molecule has 37 heavy (non-hydrogen) atoms. The minimum Gasteiger partial charge on any atom is -0.495 e. The molecular weight excluding hydrogens is 485 g/mol. The van der Waals surface area contributed by atoms with E-state index in [4.69, 9.17) is 4.74 Å². The van der Waals surface area contributed by atoms with Gasteiger partial charge in [0, 0.05) is 32.5 Å². The molecule has 4 rings (SSSR count). The number of imidazole rings is 1. The van der Waals surface area contributed by atoms with Crippen molar-refractivity contribution in [2.24, 2.45) is 0 Å². The molecule has 0 aliphatic carbocycles. The second kappa shape index (κ2) is 10.9. The Morgan fingerprint density at radius 2 is 1.89 bits per heavy atom. The molecule has 0 unspecified atom stereocenters. The smallest absolute Gasteiger partial charge is 0.416 e. The summed E-state index contributed by atoms with van der Waals surface area (Å²) in [5.74, 6) is 1.50. The Hall–Kier alpha value is -4.15. The minimum absolute atomic E-state index is 0.166. The molecule has 2 aromatic heterocycles. The number of aryl methyl sites for hydroxylation is 1. The number of carbonyl (C=O) groups excluding carboxylic acids is 1. The number of hydrogen-bond acceptors (Lipinski definition) is 5. The van der Waals surface area contributed by atoms with Crippen LogP contribution < -0.4 is 10.1 Å². The first-order chi connectivity index (χ1) is 17.6. The highest BCUT2D eigenvalue weighted by molar-refractivity contribution is 5.72. The first-order valence-corrected chi connectivity index (χ1v) is 11.6. The van der Waals surface area contributed by atoms with E-state index in [0.29, 0.717) is 42.5 Å². The van der Waals surface area contributed by atoms with Crippen molar-refractivity contribution in [2.45, 2.75) is 39.4 Å². The van der Waals surface area contributed by atoms with Gasteiger partial charge >= 0.3 is 6.18 Å². The molecule has 194 valence electrons. The van der Waals surface area contributed by atoms with Gasteiger partial charge in [-0.25, -0.2) is 14.6 Å². The van der Waals surface area contributed by atoms with Gasteiger partial charge in [0.05, 0.1) is 36.9 Å². The summed E-state index contributed by atoms with van der Waals surface area (Å²) >= 11 is 0. The predicted molar refractivity (Wildman–Crippen MR) is 131 cm³/mol. The SMILES string of the molecule is COc1cc(Cc2nc(Cc3cccc(C(F)(F)F)c3)n(CCNC(C)=O)n2)ccc1-n1cnc(C)c1. The first-order valence-electron chi connectivity index (χ1n) is 11.6. The standard InChI is InChI=1S/C26H27F3N6O2/c1-17-15-34(16-31-17)22-8-7-20(12-23(22)37-3)13-24-32-25(35(33-24)10-9-30-18(2)36)14-19-5-4-6-21(11-19)26(27,28)29/h4-8,11-12,15-16H,9-10,13-14H2,1-3H3,(H,30,36). The van der Waals surface area contributed by atoms with Crippen molar-refractivity contribution in [1.29, 1.82) is 0 Å². The summed E-state index contributed by atoms with van der Waals surface area (Å²) in [6.07, 6.45) is -0.260. The van der Waals surface area contributed by atoms with Gasteiger partial charge in [0.15, 0.2) is 5.82 Å². The van der Waals surface area contributed by atoms with E-state index >= 15 is 0 Å². The molecule has 2 heterocycles. The number of rotatable bonds is 9. The molecule has 2 aromatic carbocycles. The molecule has 1 amide bonds. The third-order valence-corrected chi connectivity index (χ3v) is 5.70. The lowest BCUT2D eigenvalue weighted by Crippen LogP contribution is -2.25. The molecular formula is C26H27F3N6O2. The van der Waals surface area contributed by atoms with Gasteiger partial charge in [-0.1, -0.05) is 24.3 Å². The molecule has 8 nitrogen and oxygen atoms in total. The van der Waals surface area contributed by atoms with E-state index in [1.165, 1.54) is 13.0 Å². The molecule has 0 saturated heterocycles. The number of halogens is 3. The van der Waals surface area contributed by atoms with Gasteiger partial charge in [-0.15, -0.1) is 0 Å². The van der Waals surface area contributed by atoms with Gasteiger partial charge in [0.25, 0.3) is 0 Å². The van der Waals surface area contributed by atoms with Crippen molar-refractivity contribution in [2.75, 3.05) is 13.7 Å². The van der Waals surface area contributed by atoms with E-state index in [2.05, 4.69) is 20.4 Å². The molecule has 11 heteroatoms. The summed E-state index contributed by atoms with van der Waals surface area (Å²) in [5, 5.41) is 7.30. The highest BCUT2D eigenvalue weighted by Gasteiger charge is 2.30. The van der Waals surface area contributed by atoms with E-state index in [0.717, 1.165) is 29.1 Å². The summed E-state index contributed by atoms with van der Waals surface area (Å²) < 4.78 is 48.6. The van der Waals surface area contributed by atoms with E-state index in [9.17, 15) is 18.0 Å². The van der Waals surface area contributed by atoms with Crippen LogP contribution in [0, 0.1) is 6.92 Å². The summed E-state index contributed by atoms with van der Waals surface area (Å²) in [5.41, 5.74) is 2.38. The molecule has 0 saturated carbocycles. The van der Waals surface area contributed by atoms with Crippen molar-refractivity contribution in [3.05, 3.63) is 89.0 Å². The fourth-order valence-electron chi connectivity index (χ4n) is 3.97. The van der Waals surface area contributed by atoms with Crippen LogP contribution in [-0.2, 0) is 30.4 Å². The molecule has 0 spiro atoms. The van der Waals surface area contributed by atoms with Crippen molar-refractivity contribution in [3.63, 3.8) is 0 Å². The van der Waals surface area contributed by atoms with Gasteiger partial charge in [0.2, 0.25) is 5.91 Å².